The summed E-state index contributed by atoms with van der Waals surface area (Å²) in [6, 6.07) is 0.241. The van der Waals surface area contributed by atoms with Crippen LogP contribution >= 0.6 is 36.6 Å². The molecule has 0 aromatic carbocycles. The van der Waals surface area contributed by atoms with Crippen LogP contribution in [-0.2, 0) is 4.79 Å². The van der Waals surface area contributed by atoms with Crippen LogP contribution in [0, 0.1) is 5.92 Å². The predicted octanol–water partition coefficient (Wildman–Crippen LogP) is 1.12. The topological polar surface area (TPSA) is 58.4 Å². The van der Waals surface area contributed by atoms with Crippen molar-refractivity contribution >= 4 is 42.5 Å². The van der Waals surface area contributed by atoms with E-state index in [0.717, 1.165) is 45.4 Å². The third-order valence-corrected chi connectivity index (χ3v) is 4.62. The Morgan fingerprint density at radius 3 is 2.53 bits per heavy atom. The minimum Gasteiger partial charge on any atom is -0.355 e. The maximum absolute atomic E-state index is 11.8. The van der Waals surface area contributed by atoms with Gasteiger partial charge in [0.05, 0.1) is 0 Å². The standard InChI is InChI=1S/C12H23N3OS.2ClH/c13-11-2-1-10(9-11)12(16)14-3-4-15-5-7-17-8-6-15;;/h10-11H,1-9,13H2,(H,14,16);2*1H. The summed E-state index contributed by atoms with van der Waals surface area (Å²) in [6.45, 7) is 4.10. The molecule has 2 rings (SSSR count). The maximum Gasteiger partial charge on any atom is 0.223 e. The highest BCUT2D eigenvalue weighted by atomic mass is 35.5. The molecule has 0 bridgehead atoms. The zero-order chi connectivity index (χ0) is 12.1. The van der Waals surface area contributed by atoms with Crippen LogP contribution in [0.3, 0.4) is 0 Å². The number of halogens is 2. The molecule has 114 valence electrons. The molecule has 0 radical (unpaired) electrons. The van der Waals surface area contributed by atoms with Gasteiger partial charge in [-0.05, 0) is 19.3 Å². The largest absolute Gasteiger partial charge is 0.355 e. The van der Waals surface area contributed by atoms with Crippen molar-refractivity contribution in [2.75, 3.05) is 37.7 Å². The summed E-state index contributed by atoms with van der Waals surface area (Å²) in [6.07, 6.45) is 2.83. The lowest BCUT2D eigenvalue weighted by molar-refractivity contribution is -0.124. The van der Waals surface area contributed by atoms with Crippen LogP contribution in [0.1, 0.15) is 19.3 Å². The highest BCUT2D eigenvalue weighted by molar-refractivity contribution is 7.99. The molecule has 1 aliphatic heterocycles. The normalized spacial score (nSPS) is 27.2. The molecule has 2 aliphatic rings. The first-order chi connectivity index (χ1) is 8.25. The Labute approximate surface area is 132 Å². The maximum atomic E-state index is 11.8. The summed E-state index contributed by atoms with van der Waals surface area (Å²) in [7, 11) is 0. The van der Waals surface area contributed by atoms with Crippen molar-refractivity contribution in [3.05, 3.63) is 0 Å². The fourth-order valence-corrected chi connectivity index (χ4v) is 3.54. The summed E-state index contributed by atoms with van der Waals surface area (Å²) < 4.78 is 0. The fraction of sp³-hybridized carbons (Fsp3) is 0.917. The van der Waals surface area contributed by atoms with E-state index in [0.29, 0.717) is 0 Å². The molecule has 1 heterocycles. The lowest BCUT2D eigenvalue weighted by atomic mass is 10.1. The van der Waals surface area contributed by atoms with Crippen molar-refractivity contribution in [3.8, 4) is 0 Å². The molecule has 2 atom stereocenters. The first-order valence-electron chi connectivity index (χ1n) is 6.59. The molecule has 0 spiro atoms. The zero-order valence-electron chi connectivity index (χ0n) is 11.2. The van der Waals surface area contributed by atoms with E-state index in [1.54, 1.807) is 0 Å². The zero-order valence-corrected chi connectivity index (χ0v) is 13.6. The molecule has 19 heavy (non-hydrogen) atoms. The first kappa shape index (κ1) is 19.3. The van der Waals surface area contributed by atoms with Gasteiger partial charge in [0.25, 0.3) is 0 Å². The van der Waals surface area contributed by atoms with Crippen molar-refractivity contribution in [2.45, 2.75) is 25.3 Å². The van der Waals surface area contributed by atoms with Gasteiger partial charge in [-0.25, -0.2) is 0 Å². The second kappa shape index (κ2) is 10.1. The van der Waals surface area contributed by atoms with Crippen molar-refractivity contribution in [1.29, 1.82) is 0 Å². The number of carbonyl (C=O) groups excluding carboxylic acids is 1. The molecule has 0 aromatic heterocycles. The van der Waals surface area contributed by atoms with E-state index < -0.39 is 0 Å². The van der Waals surface area contributed by atoms with Gasteiger partial charge in [0.15, 0.2) is 0 Å². The molecule has 1 amide bonds. The van der Waals surface area contributed by atoms with E-state index in [9.17, 15) is 4.79 Å². The first-order valence-corrected chi connectivity index (χ1v) is 7.74. The van der Waals surface area contributed by atoms with Gasteiger partial charge in [-0.3, -0.25) is 9.69 Å². The Bertz CT molecular complexity index is 265. The SMILES string of the molecule is Cl.Cl.NC1CCC(C(=O)NCCN2CCSCC2)C1. The van der Waals surface area contributed by atoms with Gasteiger partial charge >= 0.3 is 0 Å². The quantitative estimate of drug-likeness (QED) is 0.811. The second-order valence-electron chi connectivity index (χ2n) is 5.02. The monoisotopic (exact) mass is 329 g/mol. The fourth-order valence-electron chi connectivity index (χ4n) is 2.56. The van der Waals surface area contributed by atoms with Crippen LogP contribution in [0.25, 0.3) is 0 Å². The predicted molar refractivity (Wildman–Crippen MR) is 86.6 cm³/mol. The Hall–Kier alpha value is 0.320. The number of carbonyl (C=O) groups is 1. The Morgan fingerprint density at radius 1 is 1.26 bits per heavy atom. The molecule has 3 N–H and O–H groups in total. The number of nitrogens with two attached hydrogens (primary N) is 1. The van der Waals surface area contributed by atoms with Gasteiger partial charge in [-0.2, -0.15) is 11.8 Å². The van der Waals surface area contributed by atoms with Gasteiger partial charge in [-0.15, -0.1) is 24.8 Å². The summed E-state index contributed by atoms with van der Waals surface area (Å²) in [5.41, 5.74) is 5.82. The van der Waals surface area contributed by atoms with Crippen LogP contribution in [0.15, 0.2) is 0 Å². The van der Waals surface area contributed by atoms with Crippen molar-refractivity contribution < 1.29 is 4.79 Å². The van der Waals surface area contributed by atoms with Crippen LogP contribution in [0.5, 0.6) is 0 Å². The Morgan fingerprint density at radius 2 is 1.95 bits per heavy atom. The minimum absolute atomic E-state index is 0. The van der Waals surface area contributed by atoms with E-state index in [-0.39, 0.29) is 42.7 Å². The van der Waals surface area contributed by atoms with Crippen LogP contribution in [-0.4, -0.2) is 54.5 Å². The summed E-state index contributed by atoms with van der Waals surface area (Å²) in [5.74, 6) is 2.84. The minimum atomic E-state index is 0. The Kier molecular flexibility index (Phi) is 10.3. The molecule has 7 heteroatoms. The average molecular weight is 330 g/mol. The number of rotatable bonds is 4. The van der Waals surface area contributed by atoms with Crippen LogP contribution < -0.4 is 11.1 Å². The molecule has 2 fully saturated rings. The van der Waals surface area contributed by atoms with E-state index in [1.165, 1.54) is 11.5 Å². The number of amides is 1. The summed E-state index contributed by atoms with van der Waals surface area (Å²) in [4.78, 5) is 14.3. The van der Waals surface area contributed by atoms with E-state index >= 15 is 0 Å². The number of nitrogens with one attached hydrogen (secondary N) is 1. The van der Waals surface area contributed by atoms with E-state index in [4.69, 9.17) is 5.73 Å². The molecule has 1 saturated carbocycles. The van der Waals surface area contributed by atoms with Crippen LogP contribution in [0.4, 0.5) is 0 Å². The third kappa shape index (κ3) is 6.54. The van der Waals surface area contributed by atoms with Gasteiger partial charge in [0.1, 0.15) is 0 Å². The van der Waals surface area contributed by atoms with Crippen LogP contribution in [0.2, 0.25) is 0 Å². The molecule has 0 aromatic rings. The summed E-state index contributed by atoms with van der Waals surface area (Å²) >= 11 is 2.02. The smallest absolute Gasteiger partial charge is 0.223 e. The van der Waals surface area contributed by atoms with E-state index in [1.807, 2.05) is 11.8 Å². The van der Waals surface area contributed by atoms with Gasteiger partial charge in [0, 0.05) is 49.6 Å². The highest BCUT2D eigenvalue weighted by Gasteiger charge is 2.27. The molecule has 1 aliphatic carbocycles. The molecule has 1 saturated heterocycles. The van der Waals surface area contributed by atoms with Gasteiger partial charge in [-0.1, -0.05) is 0 Å². The molecular weight excluding hydrogens is 305 g/mol. The highest BCUT2D eigenvalue weighted by Crippen LogP contribution is 2.23. The molecular formula is C12H25Cl2N3OS. The number of nitrogens with zero attached hydrogens (tertiary/aromatic N) is 1. The number of hydrogen-bond acceptors (Lipinski definition) is 4. The third-order valence-electron chi connectivity index (χ3n) is 3.67. The van der Waals surface area contributed by atoms with Crippen molar-refractivity contribution in [2.24, 2.45) is 11.7 Å². The van der Waals surface area contributed by atoms with Gasteiger partial charge < -0.3 is 11.1 Å². The molecule has 4 nitrogen and oxygen atoms in total. The average Bonchev–Trinajstić information content (AvgIpc) is 2.77. The second-order valence-corrected chi connectivity index (χ2v) is 6.24. The Balaban J connectivity index is 0.00000162. The lowest BCUT2D eigenvalue weighted by Gasteiger charge is -2.26. The van der Waals surface area contributed by atoms with Gasteiger partial charge in [0.2, 0.25) is 5.91 Å². The number of hydrogen-bond donors (Lipinski definition) is 2. The van der Waals surface area contributed by atoms with E-state index in [2.05, 4.69) is 10.2 Å². The molecule has 2 unspecified atom stereocenters. The van der Waals surface area contributed by atoms with Crippen molar-refractivity contribution in [3.63, 3.8) is 0 Å². The van der Waals surface area contributed by atoms with Crippen molar-refractivity contribution in [1.82, 2.24) is 10.2 Å². The summed E-state index contributed by atoms with van der Waals surface area (Å²) in [5, 5.41) is 3.05. The number of thioether (sulfide) groups is 1. The lowest BCUT2D eigenvalue weighted by Crippen LogP contribution is -2.40.